The first kappa shape index (κ1) is 13.3. The fourth-order valence-corrected chi connectivity index (χ4v) is 1.35. The van der Waals surface area contributed by atoms with Crippen LogP contribution in [0.25, 0.3) is 0 Å². The Morgan fingerprint density at radius 2 is 2.24 bits per heavy atom. The lowest BCUT2D eigenvalue weighted by atomic mass is 10.3. The number of hydrogen-bond acceptors (Lipinski definition) is 3. The second kappa shape index (κ2) is 7.46. The monoisotopic (exact) mass is 234 g/mol. The summed E-state index contributed by atoms with van der Waals surface area (Å²) in [5.74, 6) is 0.575. The molecule has 2 N–H and O–H groups in total. The standard InChI is InChI=1S/C13H18N2O2/c1-3-4-9-14-10-13(16)15-11-7-5-6-8-12(11)17-2/h3,5-8,14H,1,4,9-10H2,2H3,(H,15,16). The Morgan fingerprint density at radius 3 is 2.94 bits per heavy atom. The van der Waals surface area contributed by atoms with Crippen LogP contribution in [0.3, 0.4) is 0 Å². The number of carbonyl (C=O) groups is 1. The van der Waals surface area contributed by atoms with E-state index in [1.807, 2.05) is 18.2 Å². The topological polar surface area (TPSA) is 50.4 Å². The molecule has 0 saturated carbocycles. The van der Waals surface area contributed by atoms with Crippen molar-refractivity contribution in [3.63, 3.8) is 0 Å². The van der Waals surface area contributed by atoms with Crippen LogP contribution in [0, 0.1) is 0 Å². The van der Waals surface area contributed by atoms with Gasteiger partial charge < -0.3 is 15.4 Å². The fourth-order valence-electron chi connectivity index (χ4n) is 1.35. The van der Waals surface area contributed by atoms with E-state index in [2.05, 4.69) is 17.2 Å². The zero-order chi connectivity index (χ0) is 12.5. The molecule has 0 spiro atoms. The minimum atomic E-state index is -0.0847. The average molecular weight is 234 g/mol. The van der Waals surface area contributed by atoms with Gasteiger partial charge in [0.05, 0.1) is 19.3 Å². The molecule has 17 heavy (non-hydrogen) atoms. The molecule has 0 aliphatic carbocycles. The van der Waals surface area contributed by atoms with Gasteiger partial charge in [-0.2, -0.15) is 0 Å². The Hall–Kier alpha value is -1.81. The molecule has 0 atom stereocenters. The highest BCUT2D eigenvalue weighted by Crippen LogP contribution is 2.22. The van der Waals surface area contributed by atoms with Crippen molar-refractivity contribution >= 4 is 11.6 Å². The van der Waals surface area contributed by atoms with Crippen molar-refractivity contribution in [3.05, 3.63) is 36.9 Å². The lowest BCUT2D eigenvalue weighted by Gasteiger charge is -2.09. The Balaban J connectivity index is 2.42. The Morgan fingerprint density at radius 1 is 1.47 bits per heavy atom. The number of carbonyl (C=O) groups excluding carboxylic acids is 1. The third-order valence-electron chi connectivity index (χ3n) is 2.19. The van der Waals surface area contributed by atoms with E-state index in [0.29, 0.717) is 11.4 Å². The van der Waals surface area contributed by atoms with E-state index in [0.717, 1.165) is 13.0 Å². The number of para-hydroxylation sites is 2. The second-order valence-corrected chi connectivity index (χ2v) is 3.50. The van der Waals surface area contributed by atoms with Crippen LogP contribution in [-0.4, -0.2) is 26.1 Å². The van der Waals surface area contributed by atoms with Gasteiger partial charge in [-0.1, -0.05) is 18.2 Å². The predicted octanol–water partition coefficient (Wildman–Crippen LogP) is 1.80. The highest BCUT2D eigenvalue weighted by molar-refractivity contribution is 5.93. The van der Waals surface area contributed by atoms with Crippen molar-refractivity contribution in [2.24, 2.45) is 0 Å². The van der Waals surface area contributed by atoms with Crippen LogP contribution in [0.4, 0.5) is 5.69 Å². The molecule has 4 heteroatoms. The normalized spacial score (nSPS) is 9.71. The molecule has 1 aromatic rings. The van der Waals surface area contributed by atoms with Gasteiger partial charge in [-0.15, -0.1) is 6.58 Å². The second-order valence-electron chi connectivity index (χ2n) is 3.50. The zero-order valence-electron chi connectivity index (χ0n) is 10.0. The van der Waals surface area contributed by atoms with Gasteiger partial charge in [0.1, 0.15) is 5.75 Å². The van der Waals surface area contributed by atoms with E-state index in [9.17, 15) is 4.79 Å². The molecule has 0 heterocycles. The van der Waals surface area contributed by atoms with Crippen LogP contribution in [0.15, 0.2) is 36.9 Å². The molecular weight excluding hydrogens is 216 g/mol. The highest BCUT2D eigenvalue weighted by Gasteiger charge is 2.05. The summed E-state index contributed by atoms with van der Waals surface area (Å²) >= 11 is 0. The summed E-state index contributed by atoms with van der Waals surface area (Å²) in [7, 11) is 1.58. The quantitative estimate of drug-likeness (QED) is 0.558. The molecule has 0 radical (unpaired) electrons. The van der Waals surface area contributed by atoms with Crippen LogP contribution in [-0.2, 0) is 4.79 Å². The maximum absolute atomic E-state index is 11.6. The molecule has 0 bridgehead atoms. The van der Waals surface area contributed by atoms with Crippen molar-refractivity contribution in [2.75, 3.05) is 25.5 Å². The van der Waals surface area contributed by atoms with Crippen molar-refractivity contribution in [1.29, 1.82) is 0 Å². The first-order valence-corrected chi connectivity index (χ1v) is 5.52. The lowest BCUT2D eigenvalue weighted by Crippen LogP contribution is -2.28. The van der Waals surface area contributed by atoms with Gasteiger partial charge in [0.25, 0.3) is 0 Å². The van der Waals surface area contributed by atoms with Gasteiger partial charge in [0.2, 0.25) is 5.91 Å². The van der Waals surface area contributed by atoms with E-state index < -0.39 is 0 Å². The third kappa shape index (κ3) is 4.70. The molecule has 1 amide bonds. The van der Waals surface area contributed by atoms with Crippen molar-refractivity contribution in [1.82, 2.24) is 5.32 Å². The molecule has 0 unspecified atom stereocenters. The summed E-state index contributed by atoms with van der Waals surface area (Å²) < 4.78 is 5.14. The van der Waals surface area contributed by atoms with E-state index in [1.54, 1.807) is 19.2 Å². The predicted molar refractivity (Wildman–Crippen MR) is 69.3 cm³/mol. The van der Waals surface area contributed by atoms with Gasteiger partial charge in [0.15, 0.2) is 0 Å². The van der Waals surface area contributed by atoms with Gasteiger partial charge in [-0.25, -0.2) is 0 Å². The highest BCUT2D eigenvalue weighted by atomic mass is 16.5. The van der Waals surface area contributed by atoms with E-state index in [1.165, 1.54) is 0 Å². The number of rotatable bonds is 7. The molecule has 0 saturated heterocycles. The molecular formula is C13H18N2O2. The SMILES string of the molecule is C=CCCNCC(=O)Nc1ccccc1OC. The van der Waals surface area contributed by atoms with Gasteiger partial charge in [-0.05, 0) is 25.1 Å². The van der Waals surface area contributed by atoms with Gasteiger partial charge in [-0.3, -0.25) is 4.79 Å². The van der Waals surface area contributed by atoms with Crippen LogP contribution in [0.1, 0.15) is 6.42 Å². The van der Waals surface area contributed by atoms with Gasteiger partial charge >= 0.3 is 0 Å². The number of hydrogen-bond donors (Lipinski definition) is 2. The molecule has 1 aromatic carbocycles. The Labute approximate surface area is 102 Å². The number of nitrogens with one attached hydrogen (secondary N) is 2. The fraction of sp³-hybridized carbons (Fsp3) is 0.308. The Bertz CT molecular complexity index is 377. The molecule has 0 aromatic heterocycles. The number of anilines is 1. The van der Waals surface area contributed by atoms with Crippen LogP contribution in [0.5, 0.6) is 5.75 Å². The summed E-state index contributed by atoms with van der Waals surface area (Å²) in [6, 6.07) is 7.32. The molecule has 0 aliphatic rings. The van der Waals surface area contributed by atoms with E-state index >= 15 is 0 Å². The van der Waals surface area contributed by atoms with Crippen molar-refractivity contribution < 1.29 is 9.53 Å². The number of benzene rings is 1. The minimum Gasteiger partial charge on any atom is -0.495 e. The first-order chi connectivity index (χ1) is 8.27. The van der Waals surface area contributed by atoms with Crippen molar-refractivity contribution in [3.8, 4) is 5.75 Å². The largest absolute Gasteiger partial charge is 0.495 e. The van der Waals surface area contributed by atoms with E-state index in [-0.39, 0.29) is 12.5 Å². The molecule has 4 nitrogen and oxygen atoms in total. The lowest BCUT2D eigenvalue weighted by molar-refractivity contribution is -0.115. The molecule has 0 aliphatic heterocycles. The van der Waals surface area contributed by atoms with E-state index in [4.69, 9.17) is 4.74 Å². The summed E-state index contributed by atoms with van der Waals surface area (Å²) in [4.78, 5) is 11.6. The van der Waals surface area contributed by atoms with Crippen LogP contribution in [0.2, 0.25) is 0 Å². The van der Waals surface area contributed by atoms with Crippen molar-refractivity contribution in [2.45, 2.75) is 6.42 Å². The number of methoxy groups -OCH3 is 1. The summed E-state index contributed by atoms with van der Waals surface area (Å²) in [5.41, 5.74) is 0.686. The van der Waals surface area contributed by atoms with Gasteiger partial charge in [0, 0.05) is 0 Å². The molecule has 92 valence electrons. The average Bonchev–Trinajstić information content (AvgIpc) is 2.35. The molecule has 1 rings (SSSR count). The zero-order valence-corrected chi connectivity index (χ0v) is 10.0. The third-order valence-corrected chi connectivity index (χ3v) is 2.19. The maximum atomic E-state index is 11.6. The Kier molecular flexibility index (Phi) is 5.82. The molecule has 0 fully saturated rings. The number of ether oxygens (including phenoxy) is 1. The number of amides is 1. The first-order valence-electron chi connectivity index (χ1n) is 5.52. The smallest absolute Gasteiger partial charge is 0.238 e. The summed E-state index contributed by atoms with van der Waals surface area (Å²) in [6.07, 6.45) is 2.66. The van der Waals surface area contributed by atoms with Crippen LogP contribution >= 0.6 is 0 Å². The summed E-state index contributed by atoms with van der Waals surface area (Å²) in [5, 5.41) is 5.81. The van der Waals surface area contributed by atoms with Crippen LogP contribution < -0.4 is 15.4 Å². The minimum absolute atomic E-state index is 0.0847. The maximum Gasteiger partial charge on any atom is 0.238 e. The summed E-state index contributed by atoms with van der Waals surface area (Å²) in [6.45, 7) is 4.65.